The van der Waals surface area contributed by atoms with E-state index < -0.39 is 5.82 Å². The van der Waals surface area contributed by atoms with Gasteiger partial charge >= 0.3 is 0 Å². The van der Waals surface area contributed by atoms with Crippen LogP contribution in [0, 0.1) is 12.7 Å². The Morgan fingerprint density at radius 3 is 2.88 bits per heavy atom. The van der Waals surface area contributed by atoms with Crippen molar-refractivity contribution in [2.45, 2.75) is 12.1 Å². The highest BCUT2D eigenvalue weighted by molar-refractivity contribution is 7.99. The summed E-state index contributed by atoms with van der Waals surface area (Å²) in [5.41, 5.74) is 1.19. The van der Waals surface area contributed by atoms with Crippen molar-refractivity contribution < 1.29 is 9.18 Å². The lowest BCUT2D eigenvalue weighted by atomic mass is 10.3. The molecule has 0 aliphatic carbocycles. The number of hydrogen-bond donors (Lipinski definition) is 1. The molecule has 5 nitrogen and oxygen atoms in total. The number of carbonyl (C=O) groups excluding carboxylic acids is 1. The number of aromatic nitrogens is 3. The number of aryl methyl sites for hydroxylation is 1. The molecule has 2 aromatic heterocycles. The molecule has 0 bridgehead atoms. The maximum Gasteiger partial charge on any atom is 0.234 e. The zero-order valence-corrected chi connectivity index (χ0v) is 14.7. The van der Waals surface area contributed by atoms with Crippen LogP contribution in [0.2, 0.25) is 0 Å². The zero-order chi connectivity index (χ0) is 17.1. The minimum Gasteiger partial charge on any atom is -0.323 e. The summed E-state index contributed by atoms with van der Waals surface area (Å²) in [6.07, 6.45) is 0. The van der Waals surface area contributed by atoms with Gasteiger partial charge in [-0.15, -0.1) is 21.5 Å². The first-order chi connectivity index (χ1) is 11.5. The van der Waals surface area contributed by atoms with Gasteiger partial charge in [0, 0.05) is 22.9 Å². The van der Waals surface area contributed by atoms with E-state index in [2.05, 4.69) is 15.5 Å². The molecule has 124 valence electrons. The molecule has 3 aromatic rings. The van der Waals surface area contributed by atoms with Gasteiger partial charge in [0.15, 0.2) is 11.0 Å². The largest absolute Gasteiger partial charge is 0.323 e. The van der Waals surface area contributed by atoms with Crippen molar-refractivity contribution in [2.24, 2.45) is 7.05 Å². The summed E-state index contributed by atoms with van der Waals surface area (Å²) in [4.78, 5) is 13.2. The van der Waals surface area contributed by atoms with Crippen molar-refractivity contribution in [3.8, 4) is 11.4 Å². The fourth-order valence-corrected chi connectivity index (χ4v) is 3.52. The topological polar surface area (TPSA) is 59.8 Å². The number of anilines is 1. The van der Waals surface area contributed by atoms with Gasteiger partial charge in [-0.1, -0.05) is 23.9 Å². The number of halogens is 1. The average molecular weight is 362 g/mol. The summed E-state index contributed by atoms with van der Waals surface area (Å²) in [6.45, 7) is 2.03. The van der Waals surface area contributed by atoms with E-state index >= 15 is 0 Å². The van der Waals surface area contributed by atoms with Crippen LogP contribution in [0.5, 0.6) is 0 Å². The van der Waals surface area contributed by atoms with Crippen LogP contribution in [0.1, 0.15) is 4.88 Å². The highest BCUT2D eigenvalue weighted by atomic mass is 32.2. The lowest BCUT2D eigenvalue weighted by Crippen LogP contribution is -2.15. The SMILES string of the molecule is Cc1cc(-c2nnc(SCC(=O)Nc3ccccc3F)n2C)cs1. The van der Waals surface area contributed by atoms with E-state index in [0.717, 1.165) is 11.4 Å². The van der Waals surface area contributed by atoms with E-state index in [1.165, 1.54) is 28.8 Å². The van der Waals surface area contributed by atoms with E-state index in [4.69, 9.17) is 0 Å². The van der Waals surface area contributed by atoms with Gasteiger partial charge in [0.1, 0.15) is 5.82 Å². The lowest BCUT2D eigenvalue weighted by molar-refractivity contribution is -0.113. The van der Waals surface area contributed by atoms with E-state index in [-0.39, 0.29) is 17.3 Å². The molecule has 2 heterocycles. The second-order valence-corrected chi connectivity index (χ2v) is 7.19. The summed E-state index contributed by atoms with van der Waals surface area (Å²) in [7, 11) is 1.86. The van der Waals surface area contributed by atoms with Gasteiger partial charge in [0.2, 0.25) is 5.91 Å². The molecule has 0 saturated carbocycles. The second kappa shape index (κ2) is 7.14. The Morgan fingerprint density at radius 2 is 2.17 bits per heavy atom. The number of thiophene rings is 1. The molecule has 1 amide bonds. The Balaban J connectivity index is 1.64. The molecule has 1 N–H and O–H groups in total. The lowest BCUT2D eigenvalue weighted by Gasteiger charge is -2.06. The third kappa shape index (κ3) is 3.65. The Bertz CT molecular complexity index is 875. The van der Waals surface area contributed by atoms with Gasteiger partial charge in [-0.05, 0) is 25.1 Å². The number of nitrogens with one attached hydrogen (secondary N) is 1. The molecule has 8 heteroatoms. The molecule has 0 aliphatic rings. The Hall–Kier alpha value is -2.19. The minimum atomic E-state index is -0.454. The molecule has 0 fully saturated rings. The minimum absolute atomic E-state index is 0.128. The summed E-state index contributed by atoms with van der Waals surface area (Å²) < 4.78 is 15.4. The first-order valence-corrected chi connectivity index (χ1v) is 9.03. The first kappa shape index (κ1) is 16.7. The van der Waals surface area contributed by atoms with Gasteiger partial charge in [-0.25, -0.2) is 4.39 Å². The van der Waals surface area contributed by atoms with Crippen molar-refractivity contribution in [1.29, 1.82) is 0 Å². The number of carbonyl (C=O) groups is 1. The maximum absolute atomic E-state index is 13.5. The standard InChI is InChI=1S/C16H15FN4OS2/c1-10-7-11(8-23-10)15-19-20-16(21(15)2)24-9-14(22)18-13-6-4-3-5-12(13)17/h3-8H,9H2,1-2H3,(H,18,22). The van der Waals surface area contributed by atoms with Crippen molar-refractivity contribution in [3.63, 3.8) is 0 Å². The molecule has 0 saturated heterocycles. The molecule has 1 aromatic carbocycles. The third-order valence-electron chi connectivity index (χ3n) is 3.30. The van der Waals surface area contributed by atoms with Crippen molar-refractivity contribution >= 4 is 34.7 Å². The fourth-order valence-electron chi connectivity index (χ4n) is 2.13. The van der Waals surface area contributed by atoms with E-state index in [0.29, 0.717) is 5.16 Å². The van der Waals surface area contributed by atoms with Crippen LogP contribution in [-0.4, -0.2) is 26.4 Å². The van der Waals surface area contributed by atoms with E-state index in [1.807, 2.05) is 30.0 Å². The van der Waals surface area contributed by atoms with Crippen LogP contribution < -0.4 is 5.32 Å². The molecular formula is C16H15FN4OS2. The van der Waals surface area contributed by atoms with Crippen LogP contribution in [0.4, 0.5) is 10.1 Å². The molecule has 0 unspecified atom stereocenters. The van der Waals surface area contributed by atoms with Crippen LogP contribution in [0.3, 0.4) is 0 Å². The van der Waals surface area contributed by atoms with E-state index in [1.54, 1.807) is 23.5 Å². The monoisotopic (exact) mass is 362 g/mol. The van der Waals surface area contributed by atoms with Gasteiger partial charge < -0.3 is 9.88 Å². The van der Waals surface area contributed by atoms with Gasteiger partial charge in [0.05, 0.1) is 11.4 Å². The van der Waals surface area contributed by atoms with Gasteiger partial charge in [-0.2, -0.15) is 0 Å². The van der Waals surface area contributed by atoms with Gasteiger partial charge in [0.25, 0.3) is 0 Å². The van der Waals surface area contributed by atoms with Crippen molar-refractivity contribution in [2.75, 3.05) is 11.1 Å². The van der Waals surface area contributed by atoms with Gasteiger partial charge in [-0.3, -0.25) is 4.79 Å². The predicted octanol–water partition coefficient (Wildman–Crippen LogP) is 3.72. The normalized spacial score (nSPS) is 10.8. The zero-order valence-electron chi connectivity index (χ0n) is 13.1. The molecule has 0 spiro atoms. The first-order valence-electron chi connectivity index (χ1n) is 7.16. The smallest absolute Gasteiger partial charge is 0.234 e. The quantitative estimate of drug-likeness (QED) is 0.703. The molecular weight excluding hydrogens is 347 g/mol. The fraction of sp³-hybridized carbons (Fsp3) is 0.188. The van der Waals surface area contributed by atoms with Crippen molar-refractivity contribution in [1.82, 2.24) is 14.8 Å². The Morgan fingerprint density at radius 1 is 1.38 bits per heavy atom. The van der Waals surface area contributed by atoms with Crippen LogP contribution in [0.15, 0.2) is 40.9 Å². The highest BCUT2D eigenvalue weighted by Crippen LogP contribution is 2.26. The molecule has 24 heavy (non-hydrogen) atoms. The predicted molar refractivity (Wildman–Crippen MR) is 94.8 cm³/mol. The van der Waals surface area contributed by atoms with Crippen LogP contribution in [-0.2, 0) is 11.8 Å². The third-order valence-corrected chi connectivity index (χ3v) is 5.19. The van der Waals surface area contributed by atoms with Crippen LogP contribution in [0.25, 0.3) is 11.4 Å². The number of thioether (sulfide) groups is 1. The van der Waals surface area contributed by atoms with Crippen molar-refractivity contribution in [3.05, 3.63) is 46.4 Å². The summed E-state index contributed by atoms with van der Waals surface area (Å²) in [5.74, 6) is 0.144. The summed E-state index contributed by atoms with van der Waals surface area (Å²) in [6, 6.07) is 8.13. The highest BCUT2D eigenvalue weighted by Gasteiger charge is 2.14. The maximum atomic E-state index is 13.5. The second-order valence-electron chi connectivity index (χ2n) is 5.13. The number of hydrogen-bond acceptors (Lipinski definition) is 5. The Kier molecular flexibility index (Phi) is 4.96. The van der Waals surface area contributed by atoms with Crippen LogP contribution >= 0.6 is 23.1 Å². The number of amides is 1. The molecule has 0 radical (unpaired) electrons. The number of para-hydroxylation sites is 1. The molecule has 3 rings (SSSR count). The molecule has 0 aliphatic heterocycles. The Labute approximate surface area is 146 Å². The summed E-state index contributed by atoms with van der Waals surface area (Å²) >= 11 is 2.91. The number of nitrogens with zero attached hydrogens (tertiary/aromatic N) is 3. The average Bonchev–Trinajstić information content (AvgIpc) is 3.13. The summed E-state index contributed by atoms with van der Waals surface area (Å²) in [5, 5.41) is 13.5. The van der Waals surface area contributed by atoms with E-state index in [9.17, 15) is 9.18 Å². The number of benzene rings is 1. The number of rotatable bonds is 5. The molecule has 0 atom stereocenters.